The van der Waals surface area contributed by atoms with Gasteiger partial charge >= 0.3 is 0 Å². The van der Waals surface area contributed by atoms with Crippen LogP contribution >= 0.6 is 0 Å². The molecule has 5 heteroatoms. The maximum Gasteiger partial charge on any atom is 0.241 e. The molecule has 0 saturated carbocycles. The van der Waals surface area contributed by atoms with E-state index in [1.54, 1.807) is 0 Å². The van der Waals surface area contributed by atoms with Crippen LogP contribution in [0.4, 0.5) is 10.1 Å². The Kier molecular flexibility index (Phi) is 4.25. The molecule has 0 aromatic heterocycles. The third-order valence-corrected chi connectivity index (χ3v) is 2.20. The molecular formula is C11H15FN2O2. The van der Waals surface area contributed by atoms with E-state index in [4.69, 9.17) is 10.5 Å². The van der Waals surface area contributed by atoms with Crippen LogP contribution in [0.25, 0.3) is 0 Å². The number of carbonyl (C=O) groups is 1. The molecule has 1 amide bonds. The number of methoxy groups -OCH3 is 1. The molecule has 1 rings (SSSR count). The number of halogens is 1. The van der Waals surface area contributed by atoms with Gasteiger partial charge in [-0.25, -0.2) is 4.39 Å². The number of rotatable bonds is 4. The first-order valence-corrected chi connectivity index (χ1v) is 4.98. The molecule has 1 aromatic rings. The highest BCUT2D eigenvalue weighted by atomic mass is 19.1. The maximum absolute atomic E-state index is 12.9. The molecule has 0 aliphatic carbocycles. The second kappa shape index (κ2) is 5.46. The predicted octanol–water partition coefficient (Wildman–Crippen LogP) is 1.51. The van der Waals surface area contributed by atoms with Gasteiger partial charge in [-0.15, -0.1) is 0 Å². The molecule has 0 fully saturated rings. The molecular weight excluding hydrogens is 211 g/mol. The minimum absolute atomic E-state index is 0.275. The van der Waals surface area contributed by atoms with Crippen LogP contribution in [0.2, 0.25) is 0 Å². The van der Waals surface area contributed by atoms with Gasteiger partial charge in [0.1, 0.15) is 11.6 Å². The van der Waals surface area contributed by atoms with Crippen LogP contribution in [-0.2, 0) is 4.79 Å². The number of benzene rings is 1. The average molecular weight is 226 g/mol. The van der Waals surface area contributed by atoms with Crippen LogP contribution in [0.5, 0.6) is 5.75 Å². The van der Waals surface area contributed by atoms with Crippen molar-refractivity contribution in [3.05, 3.63) is 24.0 Å². The van der Waals surface area contributed by atoms with E-state index in [2.05, 4.69) is 5.32 Å². The van der Waals surface area contributed by atoms with E-state index in [0.29, 0.717) is 12.1 Å². The summed E-state index contributed by atoms with van der Waals surface area (Å²) < 4.78 is 17.8. The van der Waals surface area contributed by atoms with Crippen molar-refractivity contribution in [3.63, 3.8) is 0 Å². The molecule has 0 bridgehead atoms. The lowest BCUT2D eigenvalue weighted by atomic mass is 10.2. The minimum Gasteiger partial charge on any atom is -0.494 e. The molecule has 0 saturated heterocycles. The lowest BCUT2D eigenvalue weighted by molar-refractivity contribution is -0.117. The number of ether oxygens (including phenoxy) is 1. The second-order valence-electron chi connectivity index (χ2n) is 3.35. The van der Waals surface area contributed by atoms with Gasteiger partial charge in [-0.3, -0.25) is 4.79 Å². The van der Waals surface area contributed by atoms with Crippen LogP contribution in [0.15, 0.2) is 18.2 Å². The number of hydrogen-bond acceptors (Lipinski definition) is 3. The molecule has 1 aromatic carbocycles. The number of nitrogens with one attached hydrogen (secondary N) is 1. The van der Waals surface area contributed by atoms with E-state index in [1.165, 1.54) is 25.3 Å². The van der Waals surface area contributed by atoms with Crippen molar-refractivity contribution in [2.45, 2.75) is 19.4 Å². The fourth-order valence-corrected chi connectivity index (χ4v) is 1.18. The Bertz CT molecular complexity index is 382. The molecule has 3 N–H and O–H groups in total. The molecule has 1 atom stereocenters. The Balaban J connectivity index is 2.84. The van der Waals surface area contributed by atoms with Gasteiger partial charge in [-0.05, 0) is 18.6 Å². The van der Waals surface area contributed by atoms with Crippen molar-refractivity contribution >= 4 is 11.6 Å². The third kappa shape index (κ3) is 2.93. The van der Waals surface area contributed by atoms with Crippen LogP contribution in [0.3, 0.4) is 0 Å². The van der Waals surface area contributed by atoms with Gasteiger partial charge < -0.3 is 15.8 Å². The topological polar surface area (TPSA) is 64.4 Å². The van der Waals surface area contributed by atoms with Crippen LogP contribution in [0, 0.1) is 5.82 Å². The summed E-state index contributed by atoms with van der Waals surface area (Å²) in [5.74, 6) is -0.460. The molecule has 0 heterocycles. The first-order chi connectivity index (χ1) is 7.58. The Morgan fingerprint density at radius 2 is 2.31 bits per heavy atom. The minimum atomic E-state index is -0.574. The highest BCUT2D eigenvalue weighted by Gasteiger charge is 2.13. The zero-order chi connectivity index (χ0) is 12.1. The van der Waals surface area contributed by atoms with Gasteiger partial charge in [0.2, 0.25) is 5.91 Å². The summed E-state index contributed by atoms with van der Waals surface area (Å²) in [4.78, 5) is 11.5. The summed E-state index contributed by atoms with van der Waals surface area (Å²) in [5, 5.41) is 2.58. The molecule has 4 nitrogen and oxygen atoms in total. The number of hydrogen-bond donors (Lipinski definition) is 2. The van der Waals surface area contributed by atoms with E-state index in [-0.39, 0.29) is 11.7 Å². The Labute approximate surface area is 93.6 Å². The van der Waals surface area contributed by atoms with Crippen molar-refractivity contribution in [1.82, 2.24) is 0 Å². The number of carbonyl (C=O) groups excluding carboxylic acids is 1. The van der Waals surface area contributed by atoms with E-state index in [9.17, 15) is 9.18 Å². The summed E-state index contributed by atoms with van der Waals surface area (Å²) in [5.41, 5.74) is 5.97. The van der Waals surface area contributed by atoms with E-state index < -0.39 is 11.9 Å². The predicted molar refractivity (Wildman–Crippen MR) is 59.8 cm³/mol. The normalized spacial score (nSPS) is 12.0. The Hall–Kier alpha value is -1.62. The van der Waals surface area contributed by atoms with Crippen molar-refractivity contribution < 1.29 is 13.9 Å². The van der Waals surface area contributed by atoms with Crippen LogP contribution < -0.4 is 15.8 Å². The SMILES string of the molecule is CCC(N)C(=O)Nc1ccc(F)cc1OC. The van der Waals surface area contributed by atoms with Gasteiger partial charge in [-0.2, -0.15) is 0 Å². The van der Waals surface area contributed by atoms with Crippen molar-refractivity contribution in [2.75, 3.05) is 12.4 Å². The van der Waals surface area contributed by atoms with Crippen molar-refractivity contribution in [1.29, 1.82) is 0 Å². The summed E-state index contributed by atoms with van der Waals surface area (Å²) in [6.07, 6.45) is 0.537. The summed E-state index contributed by atoms with van der Waals surface area (Å²) in [6, 6.07) is 3.31. The maximum atomic E-state index is 12.9. The highest BCUT2D eigenvalue weighted by Crippen LogP contribution is 2.24. The zero-order valence-electron chi connectivity index (χ0n) is 9.29. The lowest BCUT2D eigenvalue weighted by Crippen LogP contribution is -2.34. The molecule has 0 aliphatic heterocycles. The van der Waals surface area contributed by atoms with Gasteiger partial charge in [0.15, 0.2) is 0 Å². The van der Waals surface area contributed by atoms with E-state index >= 15 is 0 Å². The van der Waals surface area contributed by atoms with Crippen molar-refractivity contribution in [3.8, 4) is 5.75 Å². The molecule has 0 spiro atoms. The summed E-state index contributed by atoms with van der Waals surface area (Å²) in [7, 11) is 1.41. The molecule has 0 aliphatic rings. The quantitative estimate of drug-likeness (QED) is 0.817. The highest BCUT2D eigenvalue weighted by molar-refractivity contribution is 5.95. The van der Waals surface area contributed by atoms with Gasteiger partial charge in [0.25, 0.3) is 0 Å². The summed E-state index contributed by atoms with van der Waals surface area (Å²) in [6.45, 7) is 1.81. The smallest absolute Gasteiger partial charge is 0.241 e. The average Bonchev–Trinajstić information content (AvgIpc) is 2.30. The fourth-order valence-electron chi connectivity index (χ4n) is 1.18. The third-order valence-electron chi connectivity index (χ3n) is 2.20. The fraction of sp³-hybridized carbons (Fsp3) is 0.364. The van der Waals surface area contributed by atoms with Gasteiger partial charge in [0.05, 0.1) is 18.8 Å². The first-order valence-electron chi connectivity index (χ1n) is 4.98. The van der Waals surface area contributed by atoms with E-state index in [0.717, 1.165) is 0 Å². The van der Waals surface area contributed by atoms with Crippen LogP contribution in [-0.4, -0.2) is 19.1 Å². The molecule has 1 unspecified atom stereocenters. The number of anilines is 1. The summed E-state index contributed by atoms with van der Waals surface area (Å²) >= 11 is 0. The molecule has 16 heavy (non-hydrogen) atoms. The Morgan fingerprint density at radius 3 is 2.88 bits per heavy atom. The van der Waals surface area contributed by atoms with Gasteiger partial charge in [-0.1, -0.05) is 6.92 Å². The first kappa shape index (κ1) is 12.4. The second-order valence-corrected chi connectivity index (χ2v) is 3.35. The largest absolute Gasteiger partial charge is 0.494 e. The standard InChI is InChI=1S/C11H15FN2O2/c1-3-8(13)11(15)14-9-5-4-7(12)6-10(9)16-2/h4-6,8H,3,13H2,1-2H3,(H,14,15). The molecule has 0 radical (unpaired) electrons. The van der Waals surface area contributed by atoms with Crippen molar-refractivity contribution in [2.24, 2.45) is 5.73 Å². The van der Waals surface area contributed by atoms with E-state index in [1.807, 2.05) is 6.92 Å². The zero-order valence-corrected chi connectivity index (χ0v) is 9.29. The Morgan fingerprint density at radius 1 is 1.62 bits per heavy atom. The monoisotopic (exact) mass is 226 g/mol. The van der Waals surface area contributed by atoms with Crippen LogP contribution in [0.1, 0.15) is 13.3 Å². The molecule has 88 valence electrons. The number of amides is 1. The van der Waals surface area contributed by atoms with Gasteiger partial charge in [0, 0.05) is 6.07 Å². The lowest BCUT2D eigenvalue weighted by Gasteiger charge is -2.12. The number of nitrogens with two attached hydrogens (primary N) is 1.